The van der Waals surface area contributed by atoms with Gasteiger partial charge in [-0.2, -0.15) is 10.5 Å². The number of aliphatic imine (C=N–C) groups is 1. The van der Waals surface area contributed by atoms with Gasteiger partial charge >= 0.3 is 0 Å². The molecule has 0 aromatic rings. The molecule has 15 heavy (non-hydrogen) atoms. The fraction of sp³-hybridized carbons (Fsp3) is 0.667. The zero-order chi connectivity index (χ0) is 10.7. The first kappa shape index (κ1) is 9.02. The van der Waals surface area contributed by atoms with Gasteiger partial charge < -0.3 is 10.5 Å². The summed E-state index contributed by atoms with van der Waals surface area (Å²) in [7, 11) is 0. The van der Waals surface area contributed by atoms with Gasteiger partial charge in [-0.3, -0.25) is 0 Å². The first-order valence-electron chi connectivity index (χ1n) is 4.63. The van der Waals surface area contributed by atoms with E-state index in [0.717, 1.165) is 5.75 Å². The molecule has 2 aliphatic heterocycles. The average molecular weight is 220 g/mol. The van der Waals surface area contributed by atoms with Gasteiger partial charge in [0, 0.05) is 12.2 Å². The highest BCUT2D eigenvalue weighted by molar-refractivity contribution is 8.00. The van der Waals surface area contributed by atoms with E-state index in [9.17, 15) is 5.26 Å². The summed E-state index contributed by atoms with van der Waals surface area (Å²) in [5, 5.41) is 17.5. The molecular weight excluding hydrogens is 212 g/mol. The number of amidine groups is 1. The maximum Gasteiger partial charge on any atom is 0.230 e. The van der Waals surface area contributed by atoms with Crippen molar-refractivity contribution in [3.63, 3.8) is 0 Å². The summed E-state index contributed by atoms with van der Waals surface area (Å²) in [6.45, 7) is 0.562. The van der Waals surface area contributed by atoms with Crippen LogP contribution in [0.1, 0.15) is 6.42 Å². The first-order valence-corrected chi connectivity index (χ1v) is 5.61. The van der Waals surface area contributed by atoms with Crippen LogP contribution in [0.25, 0.3) is 0 Å². The number of hydrogen-bond donors (Lipinski definition) is 1. The highest BCUT2D eigenvalue weighted by Gasteiger charge is 2.86. The van der Waals surface area contributed by atoms with Crippen LogP contribution in [0.5, 0.6) is 0 Å². The van der Waals surface area contributed by atoms with Gasteiger partial charge in [0.15, 0.2) is 0 Å². The summed E-state index contributed by atoms with van der Waals surface area (Å²) in [5.41, 5.74) is 4.03. The second-order valence-electron chi connectivity index (χ2n) is 3.99. The minimum Gasteiger partial charge on any atom is -0.386 e. The Hall–Kier alpha value is -1.24. The Labute approximate surface area is 90.9 Å². The molecular formula is C9H8N4OS. The van der Waals surface area contributed by atoms with Crippen molar-refractivity contribution >= 4 is 17.6 Å². The molecule has 0 radical (unpaired) electrons. The van der Waals surface area contributed by atoms with Crippen molar-refractivity contribution in [1.29, 1.82) is 10.5 Å². The molecule has 5 nitrogen and oxygen atoms in total. The van der Waals surface area contributed by atoms with E-state index < -0.39 is 15.9 Å². The van der Waals surface area contributed by atoms with E-state index in [1.807, 2.05) is 0 Å². The van der Waals surface area contributed by atoms with Crippen molar-refractivity contribution in [2.45, 2.75) is 11.5 Å². The highest BCUT2D eigenvalue weighted by atomic mass is 32.2. The van der Waals surface area contributed by atoms with Crippen molar-refractivity contribution in [3.8, 4) is 12.1 Å². The monoisotopic (exact) mass is 220 g/mol. The molecule has 3 aliphatic rings. The summed E-state index contributed by atoms with van der Waals surface area (Å²) in [4.78, 5) is 4.23. The minimum atomic E-state index is -0.901. The molecule has 1 saturated heterocycles. The summed E-state index contributed by atoms with van der Waals surface area (Å²) in [6.07, 6.45) is 0.454. The van der Waals surface area contributed by atoms with Gasteiger partial charge in [0.1, 0.15) is 16.7 Å². The third kappa shape index (κ3) is 0.676. The Kier molecular flexibility index (Phi) is 1.38. The number of nitrogens with two attached hydrogens (primary N) is 1. The Morgan fingerprint density at radius 3 is 2.73 bits per heavy atom. The molecule has 1 aliphatic carbocycles. The topological polar surface area (TPSA) is 95.2 Å². The van der Waals surface area contributed by atoms with E-state index in [0.29, 0.717) is 13.0 Å². The molecule has 2 heterocycles. The van der Waals surface area contributed by atoms with Gasteiger partial charge in [0.05, 0.1) is 18.7 Å². The largest absolute Gasteiger partial charge is 0.386 e. The van der Waals surface area contributed by atoms with Crippen LogP contribution >= 0.6 is 11.8 Å². The van der Waals surface area contributed by atoms with E-state index in [4.69, 9.17) is 15.7 Å². The van der Waals surface area contributed by atoms with Crippen molar-refractivity contribution in [3.05, 3.63) is 0 Å². The molecule has 0 unspecified atom stereocenters. The van der Waals surface area contributed by atoms with Gasteiger partial charge in [0.25, 0.3) is 0 Å². The van der Waals surface area contributed by atoms with Crippen LogP contribution < -0.4 is 5.73 Å². The maximum absolute atomic E-state index is 9.28. The quantitative estimate of drug-likeness (QED) is 0.629. The third-order valence-corrected chi connectivity index (χ3v) is 4.76. The SMILES string of the molecule is N#C[C@@]12C[C@]1(C#N)C(N)=N[C@@]21OCCS1. The van der Waals surface area contributed by atoms with Crippen molar-refractivity contribution in [2.75, 3.05) is 12.4 Å². The molecule has 1 saturated carbocycles. The first-order chi connectivity index (χ1) is 7.16. The molecule has 2 fully saturated rings. The standard InChI is InChI=1S/C9H8N4OS/c10-4-7-3-8(7,5-11)9(13-6(7)12)14-1-2-15-9/h1-3H2,(H2,12,13)/t7-,8-,9+/m0/s1. The van der Waals surface area contributed by atoms with E-state index in [1.54, 1.807) is 0 Å². The molecule has 1 spiro atoms. The van der Waals surface area contributed by atoms with Crippen LogP contribution in [-0.4, -0.2) is 23.3 Å². The molecule has 2 N–H and O–H groups in total. The number of nitriles is 2. The molecule has 3 atom stereocenters. The normalized spacial score (nSPS) is 50.7. The van der Waals surface area contributed by atoms with Gasteiger partial charge in [-0.25, -0.2) is 4.99 Å². The summed E-state index contributed by atoms with van der Waals surface area (Å²) in [6, 6.07) is 4.34. The van der Waals surface area contributed by atoms with Crippen LogP contribution in [0.3, 0.4) is 0 Å². The predicted octanol–water partition coefficient (Wildman–Crippen LogP) is 0.198. The smallest absolute Gasteiger partial charge is 0.230 e. The molecule has 76 valence electrons. The zero-order valence-corrected chi connectivity index (χ0v) is 8.67. The van der Waals surface area contributed by atoms with E-state index in [1.165, 1.54) is 11.8 Å². The second-order valence-corrected chi connectivity index (χ2v) is 5.24. The van der Waals surface area contributed by atoms with Crippen molar-refractivity contribution in [1.82, 2.24) is 0 Å². The molecule has 0 aromatic heterocycles. The average Bonchev–Trinajstić information content (AvgIpc) is 2.67. The van der Waals surface area contributed by atoms with Crippen LogP contribution in [0.2, 0.25) is 0 Å². The van der Waals surface area contributed by atoms with E-state index >= 15 is 0 Å². The molecule has 3 rings (SSSR count). The maximum atomic E-state index is 9.28. The lowest BCUT2D eigenvalue weighted by atomic mass is 9.95. The van der Waals surface area contributed by atoms with E-state index in [2.05, 4.69) is 17.1 Å². The van der Waals surface area contributed by atoms with Crippen LogP contribution in [0, 0.1) is 33.5 Å². The van der Waals surface area contributed by atoms with E-state index in [-0.39, 0.29) is 5.84 Å². The number of fused-ring (bicyclic) bond motifs is 2. The predicted molar refractivity (Wildman–Crippen MR) is 53.5 cm³/mol. The number of thioether (sulfide) groups is 1. The molecule has 6 heteroatoms. The van der Waals surface area contributed by atoms with Gasteiger partial charge in [-0.05, 0) is 0 Å². The lowest BCUT2D eigenvalue weighted by molar-refractivity contribution is 0.0220. The summed E-state index contributed by atoms with van der Waals surface area (Å²) < 4.78 is 5.57. The summed E-state index contributed by atoms with van der Waals surface area (Å²) in [5.74, 6) is 1.06. The lowest BCUT2D eigenvalue weighted by Gasteiger charge is -2.24. The van der Waals surface area contributed by atoms with Crippen LogP contribution in [-0.2, 0) is 4.74 Å². The Morgan fingerprint density at radius 2 is 2.27 bits per heavy atom. The number of ether oxygens (including phenoxy) is 1. The second kappa shape index (κ2) is 2.29. The van der Waals surface area contributed by atoms with Gasteiger partial charge in [0.2, 0.25) is 5.06 Å². The zero-order valence-electron chi connectivity index (χ0n) is 7.86. The Balaban J connectivity index is 2.17. The molecule has 0 amide bonds. The van der Waals surface area contributed by atoms with Crippen LogP contribution in [0.15, 0.2) is 4.99 Å². The molecule has 0 bridgehead atoms. The highest BCUT2D eigenvalue weighted by Crippen LogP contribution is 2.76. The number of rotatable bonds is 0. The number of hydrogen-bond acceptors (Lipinski definition) is 6. The van der Waals surface area contributed by atoms with Gasteiger partial charge in [-0.15, -0.1) is 0 Å². The lowest BCUT2D eigenvalue weighted by Crippen LogP contribution is -2.33. The van der Waals surface area contributed by atoms with Crippen LogP contribution in [0.4, 0.5) is 0 Å². The Morgan fingerprint density at radius 1 is 1.47 bits per heavy atom. The van der Waals surface area contributed by atoms with Crippen molar-refractivity contribution < 1.29 is 4.74 Å². The number of nitrogens with zero attached hydrogens (tertiary/aromatic N) is 3. The fourth-order valence-corrected chi connectivity index (χ4v) is 3.82. The summed E-state index contributed by atoms with van der Waals surface area (Å²) >= 11 is 1.48. The Bertz CT molecular complexity index is 456. The third-order valence-electron chi connectivity index (χ3n) is 3.44. The fourth-order valence-electron chi connectivity index (χ4n) is 2.50. The minimum absolute atomic E-state index is 0.265. The van der Waals surface area contributed by atoms with Gasteiger partial charge in [-0.1, -0.05) is 11.8 Å². The molecule has 0 aromatic carbocycles. The van der Waals surface area contributed by atoms with Crippen molar-refractivity contribution in [2.24, 2.45) is 21.6 Å².